The SMILES string of the molecule is CC(C)(C)C(O)(c1ccc(O)cc1)C(C)(C)C. The van der Waals surface area contributed by atoms with Crippen molar-refractivity contribution < 1.29 is 10.2 Å². The van der Waals surface area contributed by atoms with Crippen molar-refractivity contribution in [2.24, 2.45) is 10.8 Å². The molecule has 2 N–H and O–H groups in total. The average Bonchev–Trinajstić information content (AvgIpc) is 2.14. The summed E-state index contributed by atoms with van der Waals surface area (Å²) in [6, 6.07) is 6.84. The molecular weight excluding hydrogens is 212 g/mol. The zero-order valence-electron chi connectivity index (χ0n) is 11.7. The lowest BCUT2D eigenvalue weighted by atomic mass is 9.59. The summed E-state index contributed by atoms with van der Waals surface area (Å²) in [5, 5.41) is 20.5. The van der Waals surface area contributed by atoms with E-state index in [-0.39, 0.29) is 16.6 Å². The second-order valence-corrected chi connectivity index (χ2v) is 6.76. The third-order valence-corrected chi connectivity index (χ3v) is 3.46. The van der Waals surface area contributed by atoms with Gasteiger partial charge < -0.3 is 10.2 Å². The van der Waals surface area contributed by atoms with Gasteiger partial charge in [0, 0.05) is 0 Å². The molecule has 0 saturated carbocycles. The Morgan fingerprint density at radius 3 is 1.41 bits per heavy atom. The van der Waals surface area contributed by atoms with Gasteiger partial charge in [-0.1, -0.05) is 53.7 Å². The summed E-state index contributed by atoms with van der Waals surface area (Å²) < 4.78 is 0. The molecule has 1 aromatic rings. The fraction of sp³-hybridized carbons (Fsp3) is 0.600. The molecule has 0 radical (unpaired) electrons. The minimum atomic E-state index is -0.951. The van der Waals surface area contributed by atoms with E-state index in [4.69, 9.17) is 0 Å². The van der Waals surface area contributed by atoms with Crippen molar-refractivity contribution in [1.29, 1.82) is 0 Å². The van der Waals surface area contributed by atoms with Crippen LogP contribution in [0.15, 0.2) is 24.3 Å². The summed E-state index contributed by atoms with van der Waals surface area (Å²) in [6.07, 6.45) is 0. The lowest BCUT2D eigenvalue weighted by molar-refractivity contribution is -0.145. The Balaban J connectivity index is 3.41. The standard InChI is InChI=1S/C15H24O2/c1-13(2,3)15(17,14(4,5)6)11-7-9-12(16)10-8-11/h7-10,16-17H,1-6H3. The van der Waals surface area contributed by atoms with Gasteiger partial charge in [-0.3, -0.25) is 0 Å². The van der Waals surface area contributed by atoms with E-state index in [1.807, 2.05) is 41.5 Å². The molecule has 0 aromatic heterocycles. The molecule has 0 fully saturated rings. The maximum atomic E-state index is 11.2. The molecule has 2 nitrogen and oxygen atoms in total. The maximum absolute atomic E-state index is 11.2. The molecule has 0 unspecified atom stereocenters. The first-order valence-electron chi connectivity index (χ1n) is 6.02. The van der Waals surface area contributed by atoms with Crippen molar-refractivity contribution in [3.05, 3.63) is 29.8 Å². The maximum Gasteiger partial charge on any atom is 0.115 e. The number of aliphatic hydroxyl groups is 1. The second-order valence-electron chi connectivity index (χ2n) is 6.76. The zero-order chi connectivity index (χ0) is 13.5. The quantitative estimate of drug-likeness (QED) is 0.781. The predicted octanol–water partition coefficient (Wildman–Crippen LogP) is 3.67. The summed E-state index contributed by atoms with van der Waals surface area (Å²) in [4.78, 5) is 0. The van der Waals surface area contributed by atoms with E-state index in [1.54, 1.807) is 24.3 Å². The molecule has 1 rings (SSSR count). The van der Waals surface area contributed by atoms with Crippen LogP contribution in [0, 0.1) is 10.8 Å². The van der Waals surface area contributed by atoms with Gasteiger partial charge in [-0.25, -0.2) is 0 Å². The highest BCUT2D eigenvalue weighted by Gasteiger charge is 2.50. The Morgan fingerprint density at radius 2 is 1.12 bits per heavy atom. The second kappa shape index (κ2) is 4.02. The molecule has 0 heterocycles. The van der Waals surface area contributed by atoms with Crippen LogP contribution in [0.1, 0.15) is 47.1 Å². The van der Waals surface area contributed by atoms with E-state index in [1.165, 1.54) is 0 Å². The molecule has 2 heteroatoms. The molecule has 0 spiro atoms. The van der Waals surface area contributed by atoms with E-state index in [0.29, 0.717) is 0 Å². The first-order valence-corrected chi connectivity index (χ1v) is 6.02. The molecule has 0 saturated heterocycles. The van der Waals surface area contributed by atoms with Crippen molar-refractivity contribution in [3.63, 3.8) is 0 Å². The Bertz CT molecular complexity index is 363. The minimum absolute atomic E-state index is 0.221. The Hall–Kier alpha value is -1.02. The van der Waals surface area contributed by atoms with Gasteiger partial charge in [-0.05, 0) is 28.5 Å². The summed E-state index contributed by atoms with van der Waals surface area (Å²) in [6.45, 7) is 12.2. The van der Waals surface area contributed by atoms with Crippen molar-refractivity contribution in [2.75, 3.05) is 0 Å². The lowest BCUT2D eigenvalue weighted by Gasteiger charge is -2.50. The molecule has 96 valence electrons. The molecule has 0 atom stereocenters. The molecule has 0 amide bonds. The third-order valence-electron chi connectivity index (χ3n) is 3.46. The van der Waals surface area contributed by atoms with Crippen LogP contribution in [-0.4, -0.2) is 10.2 Å². The normalized spacial score (nSPS) is 13.8. The monoisotopic (exact) mass is 236 g/mol. The van der Waals surface area contributed by atoms with Gasteiger partial charge in [0.1, 0.15) is 5.75 Å². The van der Waals surface area contributed by atoms with Crippen LogP contribution in [0.5, 0.6) is 5.75 Å². The van der Waals surface area contributed by atoms with Gasteiger partial charge in [0.05, 0.1) is 5.60 Å². The van der Waals surface area contributed by atoms with E-state index < -0.39 is 5.60 Å². The highest BCUT2D eigenvalue weighted by molar-refractivity contribution is 5.32. The Labute approximate surface area is 104 Å². The smallest absolute Gasteiger partial charge is 0.115 e. The van der Waals surface area contributed by atoms with E-state index >= 15 is 0 Å². The number of phenolic OH excluding ortho intramolecular Hbond substituents is 1. The molecule has 1 aromatic carbocycles. The van der Waals surface area contributed by atoms with E-state index in [2.05, 4.69) is 0 Å². The van der Waals surface area contributed by atoms with Gasteiger partial charge >= 0.3 is 0 Å². The lowest BCUT2D eigenvalue weighted by Crippen LogP contribution is -2.50. The van der Waals surface area contributed by atoms with E-state index in [0.717, 1.165) is 5.56 Å². The van der Waals surface area contributed by atoms with Crippen LogP contribution < -0.4 is 0 Å². The first-order chi connectivity index (χ1) is 7.50. The summed E-state index contributed by atoms with van der Waals surface area (Å²) in [5.74, 6) is 0.221. The molecule has 0 bridgehead atoms. The summed E-state index contributed by atoms with van der Waals surface area (Å²) >= 11 is 0. The first kappa shape index (κ1) is 14.0. The van der Waals surface area contributed by atoms with Gasteiger partial charge in [-0.2, -0.15) is 0 Å². The highest BCUT2D eigenvalue weighted by atomic mass is 16.3. The number of benzene rings is 1. The fourth-order valence-corrected chi connectivity index (χ4v) is 2.69. The van der Waals surface area contributed by atoms with Crippen LogP contribution in [0.2, 0.25) is 0 Å². The van der Waals surface area contributed by atoms with Crippen molar-refractivity contribution >= 4 is 0 Å². The van der Waals surface area contributed by atoms with Crippen LogP contribution in [-0.2, 0) is 5.60 Å². The third kappa shape index (κ3) is 2.32. The van der Waals surface area contributed by atoms with Gasteiger partial charge in [0.2, 0.25) is 0 Å². The number of rotatable bonds is 1. The topological polar surface area (TPSA) is 40.5 Å². The Kier molecular flexibility index (Phi) is 3.32. The van der Waals surface area contributed by atoms with Crippen LogP contribution in [0.4, 0.5) is 0 Å². The highest BCUT2D eigenvalue weighted by Crippen LogP contribution is 2.51. The molecule has 0 aliphatic carbocycles. The van der Waals surface area contributed by atoms with Crippen molar-refractivity contribution in [1.82, 2.24) is 0 Å². The van der Waals surface area contributed by atoms with Gasteiger partial charge in [-0.15, -0.1) is 0 Å². The number of phenols is 1. The fourth-order valence-electron chi connectivity index (χ4n) is 2.69. The zero-order valence-corrected chi connectivity index (χ0v) is 11.7. The molecule has 17 heavy (non-hydrogen) atoms. The summed E-state index contributed by atoms with van der Waals surface area (Å²) in [5.41, 5.74) is -0.687. The van der Waals surface area contributed by atoms with Crippen LogP contribution in [0.25, 0.3) is 0 Å². The summed E-state index contributed by atoms with van der Waals surface area (Å²) in [7, 11) is 0. The largest absolute Gasteiger partial charge is 0.508 e. The average molecular weight is 236 g/mol. The molecule has 0 aliphatic heterocycles. The van der Waals surface area contributed by atoms with Gasteiger partial charge in [0.15, 0.2) is 0 Å². The predicted molar refractivity (Wildman–Crippen MR) is 70.9 cm³/mol. The van der Waals surface area contributed by atoms with Crippen LogP contribution >= 0.6 is 0 Å². The van der Waals surface area contributed by atoms with Crippen molar-refractivity contribution in [3.8, 4) is 5.75 Å². The Morgan fingerprint density at radius 1 is 0.765 bits per heavy atom. The van der Waals surface area contributed by atoms with Crippen LogP contribution in [0.3, 0.4) is 0 Å². The van der Waals surface area contributed by atoms with Crippen molar-refractivity contribution in [2.45, 2.75) is 47.1 Å². The minimum Gasteiger partial charge on any atom is -0.508 e. The van der Waals surface area contributed by atoms with E-state index in [9.17, 15) is 10.2 Å². The molecular formula is C15H24O2. The number of aromatic hydroxyl groups is 1. The van der Waals surface area contributed by atoms with Gasteiger partial charge in [0.25, 0.3) is 0 Å². The number of hydrogen-bond donors (Lipinski definition) is 2. The molecule has 0 aliphatic rings. The number of hydrogen-bond acceptors (Lipinski definition) is 2.